The molecular formula is C19H26FNO4. The minimum atomic E-state index is -0.438. The molecule has 2 saturated heterocycles. The predicted molar refractivity (Wildman–Crippen MR) is 91.2 cm³/mol. The molecule has 0 bridgehead atoms. The van der Waals surface area contributed by atoms with Gasteiger partial charge in [-0.05, 0) is 37.5 Å². The zero-order chi connectivity index (χ0) is 17.9. The van der Waals surface area contributed by atoms with Crippen LogP contribution in [-0.4, -0.2) is 55.9 Å². The van der Waals surface area contributed by atoms with E-state index in [1.807, 2.05) is 11.8 Å². The summed E-state index contributed by atoms with van der Waals surface area (Å²) in [5, 5.41) is 0. The first-order valence-corrected chi connectivity index (χ1v) is 8.91. The molecule has 1 aromatic carbocycles. The van der Waals surface area contributed by atoms with E-state index in [0.29, 0.717) is 31.9 Å². The lowest BCUT2D eigenvalue weighted by atomic mass is 9.87. The Hall–Kier alpha value is -1.66. The quantitative estimate of drug-likeness (QED) is 0.818. The molecule has 0 saturated carbocycles. The van der Waals surface area contributed by atoms with Crippen LogP contribution < -0.4 is 4.74 Å². The second-order valence-electron chi connectivity index (χ2n) is 6.80. The van der Waals surface area contributed by atoms with Crippen molar-refractivity contribution in [3.8, 4) is 5.75 Å². The van der Waals surface area contributed by atoms with Gasteiger partial charge < -0.3 is 19.1 Å². The number of hydrogen-bond donors (Lipinski definition) is 0. The van der Waals surface area contributed by atoms with Crippen LogP contribution in [0.5, 0.6) is 5.75 Å². The lowest BCUT2D eigenvalue weighted by Crippen LogP contribution is -2.47. The fourth-order valence-corrected chi connectivity index (χ4v) is 3.76. The first kappa shape index (κ1) is 18.1. The second kappa shape index (κ2) is 7.70. The molecule has 6 heteroatoms. The Kier molecular flexibility index (Phi) is 5.59. The maximum atomic E-state index is 13.8. The Labute approximate surface area is 148 Å². The highest BCUT2D eigenvalue weighted by atomic mass is 19.1. The monoisotopic (exact) mass is 351 g/mol. The van der Waals surface area contributed by atoms with E-state index < -0.39 is 5.82 Å². The van der Waals surface area contributed by atoms with Crippen molar-refractivity contribution in [3.63, 3.8) is 0 Å². The number of halogens is 1. The van der Waals surface area contributed by atoms with Crippen LogP contribution in [0.25, 0.3) is 0 Å². The minimum Gasteiger partial charge on any atom is -0.494 e. The summed E-state index contributed by atoms with van der Waals surface area (Å²) < 4.78 is 30.3. The van der Waals surface area contributed by atoms with Crippen molar-refractivity contribution in [2.45, 2.75) is 44.3 Å². The first-order chi connectivity index (χ1) is 12.0. The van der Waals surface area contributed by atoms with Crippen LogP contribution in [0.1, 0.15) is 31.7 Å². The molecule has 2 heterocycles. The number of rotatable bonds is 5. The molecule has 5 nitrogen and oxygen atoms in total. The molecule has 0 radical (unpaired) electrons. The highest BCUT2D eigenvalue weighted by molar-refractivity contribution is 5.79. The summed E-state index contributed by atoms with van der Waals surface area (Å²) in [7, 11) is 1.42. The predicted octanol–water partition coefficient (Wildman–Crippen LogP) is 2.56. The van der Waals surface area contributed by atoms with Crippen LogP contribution >= 0.6 is 0 Å². The van der Waals surface area contributed by atoms with Crippen LogP contribution in [0, 0.1) is 5.82 Å². The molecule has 3 rings (SSSR count). The van der Waals surface area contributed by atoms with Crippen molar-refractivity contribution in [3.05, 3.63) is 29.6 Å². The first-order valence-electron chi connectivity index (χ1n) is 8.91. The SMILES string of the molecule is CCOC1COC2(CCN(C(=O)Cc3ccc(OC)c(F)c3)CC2)C1. The van der Waals surface area contributed by atoms with Crippen molar-refractivity contribution in [1.29, 1.82) is 0 Å². The largest absolute Gasteiger partial charge is 0.494 e. The maximum Gasteiger partial charge on any atom is 0.226 e. The molecule has 1 unspecified atom stereocenters. The van der Waals surface area contributed by atoms with E-state index in [-0.39, 0.29) is 29.8 Å². The maximum absolute atomic E-state index is 13.8. The van der Waals surface area contributed by atoms with Gasteiger partial charge in [-0.25, -0.2) is 4.39 Å². The van der Waals surface area contributed by atoms with E-state index >= 15 is 0 Å². The van der Waals surface area contributed by atoms with E-state index in [0.717, 1.165) is 19.3 Å². The fraction of sp³-hybridized carbons (Fsp3) is 0.632. The van der Waals surface area contributed by atoms with Crippen LogP contribution in [0.15, 0.2) is 18.2 Å². The van der Waals surface area contributed by atoms with Crippen molar-refractivity contribution in [2.75, 3.05) is 33.4 Å². The summed E-state index contributed by atoms with van der Waals surface area (Å²) in [4.78, 5) is 14.4. The summed E-state index contributed by atoms with van der Waals surface area (Å²) >= 11 is 0. The molecular weight excluding hydrogens is 325 g/mol. The smallest absolute Gasteiger partial charge is 0.226 e. The van der Waals surface area contributed by atoms with Gasteiger partial charge in [0.2, 0.25) is 5.91 Å². The molecule has 25 heavy (non-hydrogen) atoms. The molecule has 1 spiro atoms. The third-order valence-corrected chi connectivity index (χ3v) is 5.18. The number of carbonyl (C=O) groups is 1. The number of piperidine rings is 1. The number of nitrogens with zero attached hydrogens (tertiary/aromatic N) is 1. The number of benzene rings is 1. The average molecular weight is 351 g/mol. The molecule has 2 aliphatic rings. The molecule has 2 aliphatic heterocycles. The van der Waals surface area contributed by atoms with E-state index in [1.54, 1.807) is 12.1 Å². The van der Waals surface area contributed by atoms with Gasteiger partial charge in [-0.3, -0.25) is 4.79 Å². The Morgan fingerprint density at radius 3 is 2.80 bits per heavy atom. The lowest BCUT2D eigenvalue weighted by Gasteiger charge is -2.38. The lowest BCUT2D eigenvalue weighted by molar-refractivity contribution is -0.135. The van der Waals surface area contributed by atoms with Gasteiger partial charge >= 0.3 is 0 Å². The standard InChI is InChI=1S/C19H26FNO4/c1-3-24-15-12-19(25-13-15)6-8-21(9-7-19)18(22)11-14-4-5-17(23-2)16(20)10-14/h4-5,10,15H,3,6-9,11-13H2,1-2H3. The van der Waals surface area contributed by atoms with Gasteiger partial charge in [0.1, 0.15) is 0 Å². The zero-order valence-corrected chi connectivity index (χ0v) is 14.9. The van der Waals surface area contributed by atoms with Crippen LogP contribution in [-0.2, 0) is 20.7 Å². The van der Waals surface area contributed by atoms with E-state index in [9.17, 15) is 9.18 Å². The third kappa shape index (κ3) is 4.12. The fourth-order valence-electron chi connectivity index (χ4n) is 3.76. The molecule has 0 N–H and O–H groups in total. The van der Waals surface area contributed by atoms with Crippen LogP contribution in [0.2, 0.25) is 0 Å². The highest BCUT2D eigenvalue weighted by Gasteiger charge is 2.43. The van der Waals surface area contributed by atoms with Gasteiger partial charge in [0.05, 0.1) is 31.8 Å². The summed E-state index contributed by atoms with van der Waals surface area (Å²) in [6.07, 6.45) is 2.95. The van der Waals surface area contributed by atoms with E-state index in [2.05, 4.69) is 0 Å². The Balaban J connectivity index is 1.53. The van der Waals surface area contributed by atoms with E-state index in [4.69, 9.17) is 14.2 Å². The zero-order valence-electron chi connectivity index (χ0n) is 14.9. The molecule has 1 atom stereocenters. The summed E-state index contributed by atoms with van der Waals surface area (Å²) in [5.41, 5.74) is 0.528. The van der Waals surface area contributed by atoms with Crippen molar-refractivity contribution < 1.29 is 23.4 Å². The summed E-state index contributed by atoms with van der Waals surface area (Å²) in [6, 6.07) is 4.66. The number of amides is 1. The van der Waals surface area contributed by atoms with Gasteiger partial charge in [0.15, 0.2) is 11.6 Å². The number of likely N-dealkylation sites (tertiary alicyclic amines) is 1. The molecule has 1 amide bonds. The van der Waals surface area contributed by atoms with Gasteiger partial charge in [0.25, 0.3) is 0 Å². The van der Waals surface area contributed by atoms with Gasteiger partial charge in [0, 0.05) is 26.1 Å². The number of hydrogen-bond acceptors (Lipinski definition) is 4. The molecule has 138 valence electrons. The normalized spacial score (nSPS) is 22.4. The molecule has 0 aromatic heterocycles. The average Bonchev–Trinajstić information content (AvgIpc) is 2.98. The highest BCUT2D eigenvalue weighted by Crippen LogP contribution is 2.37. The van der Waals surface area contributed by atoms with Gasteiger partial charge in [-0.1, -0.05) is 6.07 Å². The second-order valence-corrected chi connectivity index (χ2v) is 6.80. The van der Waals surface area contributed by atoms with E-state index in [1.165, 1.54) is 13.2 Å². The van der Waals surface area contributed by atoms with Crippen molar-refractivity contribution in [2.24, 2.45) is 0 Å². The third-order valence-electron chi connectivity index (χ3n) is 5.18. The van der Waals surface area contributed by atoms with Crippen molar-refractivity contribution in [1.82, 2.24) is 4.90 Å². The van der Waals surface area contributed by atoms with Crippen molar-refractivity contribution >= 4 is 5.91 Å². The Morgan fingerprint density at radius 2 is 2.16 bits per heavy atom. The summed E-state index contributed by atoms with van der Waals surface area (Å²) in [5.74, 6) is -0.219. The number of ether oxygens (including phenoxy) is 3. The Bertz CT molecular complexity index is 613. The topological polar surface area (TPSA) is 48.0 Å². The van der Waals surface area contributed by atoms with Gasteiger partial charge in [-0.2, -0.15) is 0 Å². The number of carbonyl (C=O) groups excluding carboxylic acids is 1. The molecule has 0 aliphatic carbocycles. The molecule has 2 fully saturated rings. The minimum absolute atomic E-state index is 0.0266. The summed E-state index contributed by atoms with van der Waals surface area (Å²) in [6.45, 7) is 4.70. The molecule has 1 aromatic rings. The number of methoxy groups -OCH3 is 1. The van der Waals surface area contributed by atoms with Crippen LogP contribution in [0.4, 0.5) is 4.39 Å². The van der Waals surface area contributed by atoms with Gasteiger partial charge in [-0.15, -0.1) is 0 Å². The Morgan fingerprint density at radius 1 is 1.40 bits per heavy atom. The van der Waals surface area contributed by atoms with Crippen LogP contribution in [0.3, 0.4) is 0 Å².